The van der Waals surface area contributed by atoms with E-state index in [1.165, 1.54) is 5.56 Å². The van der Waals surface area contributed by atoms with Gasteiger partial charge in [-0.05, 0) is 30.5 Å². The zero-order valence-electron chi connectivity index (χ0n) is 9.50. The molecule has 0 atom stereocenters. The number of aliphatic carboxylic acids is 1. The number of fused-ring (bicyclic) bond motifs is 1. The summed E-state index contributed by atoms with van der Waals surface area (Å²) in [5, 5.41) is 9.94. The second kappa shape index (κ2) is 4.00. The second-order valence-corrected chi connectivity index (χ2v) is 4.06. The van der Waals surface area contributed by atoms with Gasteiger partial charge in [0.15, 0.2) is 0 Å². The van der Waals surface area contributed by atoms with Crippen LogP contribution in [-0.2, 0) is 17.6 Å². The largest absolute Gasteiger partial charge is 0.481 e. The SMILES string of the molecule is CCc1[nH]c2cc(C)ccc2c1CC(=O)O. The predicted octanol–water partition coefficient (Wildman–Crippen LogP) is 2.67. The van der Waals surface area contributed by atoms with Crippen molar-refractivity contribution in [3.8, 4) is 0 Å². The second-order valence-electron chi connectivity index (χ2n) is 4.06. The van der Waals surface area contributed by atoms with E-state index < -0.39 is 5.97 Å². The predicted molar refractivity (Wildman–Crippen MR) is 63.8 cm³/mol. The van der Waals surface area contributed by atoms with E-state index in [0.717, 1.165) is 28.6 Å². The maximum atomic E-state index is 10.8. The minimum atomic E-state index is -0.781. The fourth-order valence-corrected chi connectivity index (χ4v) is 2.08. The lowest BCUT2D eigenvalue weighted by atomic mass is 10.1. The third-order valence-electron chi connectivity index (χ3n) is 2.83. The van der Waals surface area contributed by atoms with E-state index in [0.29, 0.717) is 0 Å². The van der Waals surface area contributed by atoms with Crippen molar-refractivity contribution in [3.05, 3.63) is 35.0 Å². The summed E-state index contributed by atoms with van der Waals surface area (Å²) >= 11 is 0. The third kappa shape index (κ3) is 1.81. The van der Waals surface area contributed by atoms with Crippen molar-refractivity contribution >= 4 is 16.9 Å². The molecular formula is C13H15NO2. The molecule has 0 saturated heterocycles. The smallest absolute Gasteiger partial charge is 0.307 e. The molecule has 2 N–H and O–H groups in total. The number of H-pyrrole nitrogens is 1. The summed E-state index contributed by atoms with van der Waals surface area (Å²) in [6.07, 6.45) is 0.919. The zero-order chi connectivity index (χ0) is 11.7. The number of carboxylic acids is 1. The molecule has 1 aromatic carbocycles. The van der Waals surface area contributed by atoms with Crippen LogP contribution in [0.1, 0.15) is 23.7 Å². The standard InChI is InChI=1S/C13H15NO2/c1-3-11-10(7-13(15)16)9-5-4-8(2)6-12(9)14-11/h4-6,14H,3,7H2,1-2H3,(H,15,16). The highest BCUT2D eigenvalue weighted by Gasteiger charge is 2.12. The molecule has 0 spiro atoms. The zero-order valence-corrected chi connectivity index (χ0v) is 9.50. The van der Waals surface area contributed by atoms with Crippen molar-refractivity contribution in [2.75, 3.05) is 0 Å². The first kappa shape index (κ1) is 10.7. The highest BCUT2D eigenvalue weighted by Crippen LogP contribution is 2.24. The fourth-order valence-electron chi connectivity index (χ4n) is 2.08. The molecule has 3 heteroatoms. The summed E-state index contributed by atoms with van der Waals surface area (Å²) < 4.78 is 0. The summed E-state index contributed by atoms with van der Waals surface area (Å²) in [5.74, 6) is -0.781. The summed E-state index contributed by atoms with van der Waals surface area (Å²) in [5.41, 5.74) is 4.17. The minimum Gasteiger partial charge on any atom is -0.481 e. The van der Waals surface area contributed by atoms with Gasteiger partial charge in [-0.1, -0.05) is 19.1 Å². The maximum absolute atomic E-state index is 10.8. The number of benzene rings is 1. The molecule has 0 bridgehead atoms. The molecule has 0 radical (unpaired) electrons. The van der Waals surface area contributed by atoms with E-state index in [-0.39, 0.29) is 6.42 Å². The number of carboxylic acid groups (broad SMARTS) is 1. The first-order chi connectivity index (χ1) is 7.61. The Hall–Kier alpha value is -1.77. The summed E-state index contributed by atoms with van der Waals surface area (Å²) in [7, 11) is 0. The molecule has 0 fully saturated rings. The molecule has 0 amide bonds. The lowest BCUT2D eigenvalue weighted by Gasteiger charge is -1.98. The number of carbonyl (C=O) groups is 1. The van der Waals surface area contributed by atoms with Crippen LogP contribution in [0.4, 0.5) is 0 Å². The fraction of sp³-hybridized carbons (Fsp3) is 0.308. The molecule has 0 aliphatic carbocycles. The van der Waals surface area contributed by atoms with Crippen LogP contribution in [0.2, 0.25) is 0 Å². The van der Waals surface area contributed by atoms with Gasteiger partial charge in [-0.25, -0.2) is 0 Å². The van der Waals surface area contributed by atoms with Crippen LogP contribution in [0.3, 0.4) is 0 Å². The van der Waals surface area contributed by atoms with Gasteiger partial charge in [0, 0.05) is 16.6 Å². The Labute approximate surface area is 94.1 Å². The Balaban J connectivity index is 2.63. The van der Waals surface area contributed by atoms with E-state index in [4.69, 9.17) is 5.11 Å². The van der Waals surface area contributed by atoms with Crippen molar-refractivity contribution in [2.45, 2.75) is 26.7 Å². The highest BCUT2D eigenvalue weighted by molar-refractivity contribution is 5.88. The van der Waals surface area contributed by atoms with Gasteiger partial charge in [-0.2, -0.15) is 0 Å². The molecule has 84 valence electrons. The van der Waals surface area contributed by atoms with Gasteiger partial charge >= 0.3 is 5.97 Å². The summed E-state index contributed by atoms with van der Waals surface area (Å²) in [6.45, 7) is 4.06. The topological polar surface area (TPSA) is 53.1 Å². The monoisotopic (exact) mass is 217 g/mol. The molecule has 0 aliphatic heterocycles. The number of nitrogens with one attached hydrogen (secondary N) is 1. The van der Waals surface area contributed by atoms with Crippen molar-refractivity contribution in [1.82, 2.24) is 4.98 Å². The molecule has 0 unspecified atom stereocenters. The number of aromatic nitrogens is 1. The number of aromatic amines is 1. The molecular weight excluding hydrogens is 202 g/mol. The molecule has 2 aromatic rings. The quantitative estimate of drug-likeness (QED) is 0.830. The lowest BCUT2D eigenvalue weighted by molar-refractivity contribution is -0.136. The summed E-state index contributed by atoms with van der Waals surface area (Å²) in [4.78, 5) is 14.1. The van der Waals surface area contributed by atoms with Gasteiger partial charge in [0.1, 0.15) is 0 Å². The van der Waals surface area contributed by atoms with E-state index in [9.17, 15) is 4.79 Å². The number of rotatable bonds is 3. The molecule has 3 nitrogen and oxygen atoms in total. The minimum absolute atomic E-state index is 0.0895. The van der Waals surface area contributed by atoms with Gasteiger partial charge < -0.3 is 10.1 Å². The molecule has 1 aromatic heterocycles. The number of aryl methyl sites for hydroxylation is 2. The van der Waals surface area contributed by atoms with Gasteiger partial charge in [0.25, 0.3) is 0 Å². The van der Waals surface area contributed by atoms with Crippen LogP contribution in [0.25, 0.3) is 10.9 Å². The Morgan fingerprint density at radius 3 is 2.81 bits per heavy atom. The van der Waals surface area contributed by atoms with Crippen molar-refractivity contribution < 1.29 is 9.90 Å². The van der Waals surface area contributed by atoms with Gasteiger partial charge in [-0.15, -0.1) is 0 Å². The first-order valence-corrected chi connectivity index (χ1v) is 5.43. The first-order valence-electron chi connectivity index (χ1n) is 5.43. The van der Waals surface area contributed by atoms with Crippen LogP contribution >= 0.6 is 0 Å². The Bertz CT molecular complexity index is 540. The maximum Gasteiger partial charge on any atom is 0.307 e. The number of hydrogen-bond donors (Lipinski definition) is 2. The van der Waals surface area contributed by atoms with E-state index >= 15 is 0 Å². The van der Waals surface area contributed by atoms with Crippen molar-refractivity contribution in [1.29, 1.82) is 0 Å². The molecule has 16 heavy (non-hydrogen) atoms. The highest BCUT2D eigenvalue weighted by atomic mass is 16.4. The number of hydrogen-bond acceptors (Lipinski definition) is 1. The third-order valence-corrected chi connectivity index (χ3v) is 2.83. The van der Waals surface area contributed by atoms with Gasteiger partial charge in [0.2, 0.25) is 0 Å². The van der Waals surface area contributed by atoms with Crippen LogP contribution in [0, 0.1) is 6.92 Å². The molecule has 0 aliphatic rings. The van der Waals surface area contributed by atoms with Gasteiger partial charge in [-0.3, -0.25) is 4.79 Å². The lowest BCUT2D eigenvalue weighted by Crippen LogP contribution is -2.01. The van der Waals surface area contributed by atoms with Crippen molar-refractivity contribution in [2.24, 2.45) is 0 Å². The molecule has 1 heterocycles. The Kier molecular flexibility index (Phi) is 2.69. The van der Waals surface area contributed by atoms with Crippen LogP contribution in [0.5, 0.6) is 0 Å². The normalized spacial score (nSPS) is 10.9. The summed E-state index contributed by atoms with van der Waals surface area (Å²) in [6, 6.07) is 6.07. The molecule has 2 rings (SSSR count). The van der Waals surface area contributed by atoms with Crippen LogP contribution in [0.15, 0.2) is 18.2 Å². The van der Waals surface area contributed by atoms with Crippen molar-refractivity contribution in [3.63, 3.8) is 0 Å². The Morgan fingerprint density at radius 1 is 1.44 bits per heavy atom. The van der Waals surface area contributed by atoms with Crippen LogP contribution < -0.4 is 0 Å². The van der Waals surface area contributed by atoms with E-state index in [1.54, 1.807) is 0 Å². The average molecular weight is 217 g/mol. The van der Waals surface area contributed by atoms with E-state index in [1.807, 2.05) is 26.0 Å². The average Bonchev–Trinajstić information content (AvgIpc) is 2.55. The van der Waals surface area contributed by atoms with Crippen LogP contribution in [-0.4, -0.2) is 16.1 Å². The van der Waals surface area contributed by atoms with Gasteiger partial charge in [0.05, 0.1) is 6.42 Å². The van der Waals surface area contributed by atoms with E-state index in [2.05, 4.69) is 11.1 Å². The molecule has 0 saturated carbocycles. The Morgan fingerprint density at radius 2 is 2.19 bits per heavy atom.